The number of carbonyl (C=O) groups is 1. The maximum absolute atomic E-state index is 13.0. The first kappa shape index (κ1) is 14.5. The van der Waals surface area contributed by atoms with Gasteiger partial charge in [-0.15, -0.1) is 11.3 Å². The fraction of sp³-hybridized carbons (Fsp3) is 0.125. The van der Waals surface area contributed by atoms with Crippen LogP contribution in [0.1, 0.15) is 17.5 Å². The highest BCUT2D eigenvalue weighted by Crippen LogP contribution is 2.28. The van der Waals surface area contributed by atoms with Crippen molar-refractivity contribution >= 4 is 22.4 Å². The molecule has 0 radical (unpaired) electrons. The van der Waals surface area contributed by atoms with E-state index in [1.807, 2.05) is 12.3 Å². The van der Waals surface area contributed by atoms with Crippen LogP contribution < -0.4 is 4.90 Å². The number of hydrogen-bond donors (Lipinski definition) is 0. The van der Waals surface area contributed by atoms with Crippen molar-refractivity contribution in [1.82, 2.24) is 4.98 Å². The molecule has 0 bridgehead atoms. The van der Waals surface area contributed by atoms with Crippen molar-refractivity contribution in [2.75, 3.05) is 11.4 Å². The van der Waals surface area contributed by atoms with Gasteiger partial charge in [-0.2, -0.15) is 0 Å². The second kappa shape index (κ2) is 6.11. The predicted molar refractivity (Wildman–Crippen MR) is 83.6 cm³/mol. The summed E-state index contributed by atoms with van der Waals surface area (Å²) in [5, 5.41) is 2.43. The number of rotatable bonds is 4. The summed E-state index contributed by atoms with van der Waals surface area (Å²) in [6, 6.07) is 9.41. The smallest absolute Gasteiger partial charge is 0.295 e. The topological polar surface area (TPSA) is 46.3 Å². The molecule has 0 atom stereocenters. The van der Waals surface area contributed by atoms with Crippen molar-refractivity contribution in [3.8, 4) is 11.3 Å². The number of furan rings is 1. The van der Waals surface area contributed by atoms with Crippen LogP contribution in [0.25, 0.3) is 11.3 Å². The standard InChI is InChI=1S/C16H13FN2O2S/c1-2-19(15(20)14-4-3-9-21-14)16-18-13(10-22-16)11-5-7-12(17)8-6-11/h3-10H,2H2,1H3. The molecule has 0 unspecified atom stereocenters. The Morgan fingerprint density at radius 3 is 2.73 bits per heavy atom. The fourth-order valence-corrected chi connectivity index (χ4v) is 2.94. The number of benzene rings is 1. The van der Waals surface area contributed by atoms with Crippen LogP contribution in [0.15, 0.2) is 52.5 Å². The number of hydrogen-bond acceptors (Lipinski definition) is 4. The number of anilines is 1. The number of nitrogens with zero attached hydrogens (tertiary/aromatic N) is 2. The summed E-state index contributed by atoms with van der Waals surface area (Å²) >= 11 is 1.37. The molecule has 0 aliphatic heterocycles. The van der Waals surface area contributed by atoms with Crippen LogP contribution in [-0.2, 0) is 0 Å². The van der Waals surface area contributed by atoms with Crippen molar-refractivity contribution < 1.29 is 13.6 Å². The SMILES string of the molecule is CCN(C(=O)c1ccco1)c1nc(-c2ccc(F)cc2)cs1. The molecule has 3 aromatic rings. The van der Waals surface area contributed by atoms with E-state index in [-0.39, 0.29) is 17.5 Å². The van der Waals surface area contributed by atoms with E-state index in [1.165, 1.54) is 29.7 Å². The molecule has 0 spiro atoms. The van der Waals surface area contributed by atoms with E-state index < -0.39 is 0 Å². The first-order valence-corrected chi connectivity index (χ1v) is 7.64. The van der Waals surface area contributed by atoms with Crippen LogP contribution in [0.5, 0.6) is 0 Å². The van der Waals surface area contributed by atoms with E-state index in [9.17, 15) is 9.18 Å². The molecule has 112 valence electrons. The second-order valence-corrected chi connectivity index (χ2v) is 5.39. The van der Waals surface area contributed by atoms with Gasteiger partial charge in [-0.3, -0.25) is 9.69 Å². The van der Waals surface area contributed by atoms with Gasteiger partial charge in [0, 0.05) is 17.5 Å². The van der Waals surface area contributed by atoms with Crippen LogP contribution >= 0.6 is 11.3 Å². The highest BCUT2D eigenvalue weighted by Gasteiger charge is 2.21. The second-order valence-electron chi connectivity index (χ2n) is 4.55. The average molecular weight is 316 g/mol. The lowest BCUT2D eigenvalue weighted by molar-refractivity contribution is 0.0961. The largest absolute Gasteiger partial charge is 0.459 e. The normalized spacial score (nSPS) is 10.6. The molecular formula is C16H13FN2O2S. The minimum atomic E-state index is -0.289. The van der Waals surface area contributed by atoms with Crippen LogP contribution in [0.4, 0.5) is 9.52 Å². The highest BCUT2D eigenvalue weighted by molar-refractivity contribution is 7.14. The van der Waals surface area contributed by atoms with Crippen LogP contribution in [0, 0.1) is 5.82 Å². The molecule has 0 aliphatic carbocycles. The van der Waals surface area contributed by atoms with Crippen LogP contribution in [-0.4, -0.2) is 17.4 Å². The van der Waals surface area contributed by atoms with Gasteiger partial charge >= 0.3 is 0 Å². The Kier molecular flexibility index (Phi) is 4.02. The molecule has 6 heteroatoms. The van der Waals surface area contributed by atoms with Crippen molar-refractivity contribution in [3.63, 3.8) is 0 Å². The minimum Gasteiger partial charge on any atom is -0.459 e. The summed E-state index contributed by atoms with van der Waals surface area (Å²) in [7, 11) is 0. The maximum atomic E-state index is 13.0. The van der Waals surface area contributed by atoms with E-state index in [1.54, 1.807) is 29.2 Å². The molecule has 1 aromatic carbocycles. The molecule has 0 saturated carbocycles. The lowest BCUT2D eigenvalue weighted by Crippen LogP contribution is -2.30. The average Bonchev–Trinajstić information content (AvgIpc) is 3.20. The molecule has 1 amide bonds. The summed E-state index contributed by atoms with van der Waals surface area (Å²) in [6.07, 6.45) is 1.47. The Morgan fingerprint density at radius 2 is 2.09 bits per heavy atom. The monoisotopic (exact) mass is 316 g/mol. The Labute approximate surface area is 130 Å². The number of carbonyl (C=O) groups excluding carboxylic acids is 1. The van der Waals surface area contributed by atoms with Gasteiger partial charge in [-0.25, -0.2) is 9.37 Å². The van der Waals surface area contributed by atoms with Crippen LogP contribution in [0.3, 0.4) is 0 Å². The molecule has 0 saturated heterocycles. The predicted octanol–water partition coefficient (Wildman–Crippen LogP) is 4.21. The number of halogens is 1. The molecule has 4 nitrogen and oxygen atoms in total. The van der Waals surface area contributed by atoms with Crippen molar-refractivity contribution in [2.24, 2.45) is 0 Å². The first-order valence-electron chi connectivity index (χ1n) is 6.76. The van der Waals surface area contributed by atoms with E-state index >= 15 is 0 Å². The Hall–Kier alpha value is -2.47. The number of amides is 1. The first-order chi connectivity index (χ1) is 10.7. The van der Waals surface area contributed by atoms with Gasteiger partial charge < -0.3 is 4.42 Å². The zero-order chi connectivity index (χ0) is 15.5. The van der Waals surface area contributed by atoms with Gasteiger partial charge in [0.1, 0.15) is 5.82 Å². The molecular weight excluding hydrogens is 303 g/mol. The van der Waals surface area contributed by atoms with Crippen molar-refractivity contribution in [2.45, 2.75) is 6.92 Å². The summed E-state index contributed by atoms with van der Waals surface area (Å²) < 4.78 is 18.1. The Morgan fingerprint density at radius 1 is 1.32 bits per heavy atom. The maximum Gasteiger partial charge on any atom is 0.295 e. The quantitative estimate of drug-likeness (QED) is 0.724. The molecule has 0 N–H and O–H groups in total. The summed E-state index contributed by atoms with van der Waals surface area (Å²) in [4.78, 5) is 18.4. The summed E-state index contributed by atoms with van der Waals surface area (Å²) in [6.45, 7) is 2.36. The van der Waals surface area contributed by atoms with Gasteiger partial charge in [-0.1, -0.05) is 0 Å². The lowest BCUT2D eigenvalue weighted by atomic mass is 10.2. The summed E-state index contributed by atoms with van der Waals surface area (Å²) in [5.41, 5.74) is 1.52. The zero-order valence-electron chi connectivity index (χ0n) is 11.8. The zero-order valence-corrected chi connectivity index (χ0v) is 12.6. The van der Waals surface area contributed by atoms with E-state index in [4.69, 9.17) is 4.42 Å². The van der Waals surface area contributed by atoms with Crippen molar-refractivity contribution in [1.29, 1.82) is 0 Å². The fourth-order valence-electron chi connectivity index (χ4n) is 2.04. The van der Waals surface area contributed by atoms with E-state index in [0.717, 1.165) is 5.56 Å². The Bertz CT molecular complexity index is 766. The molecule has 2 heterocycles. The lowest BCUT2D eigenvalue weighted by Gasteiger charge is -2.15. The third kappa shape index (κ3) is 2.78. The van der Waals surface area contributed by atoms with E-state index in [2.05, 4.69) is 4.98 Å². The van der Waals surface area contributed by atoms with Gasteiger partial charge in [0.2, 0.25) is 0 Å². The van der Waals surface area contributed by atoms with Gasteiger partial charge in [0.25, 0.3) is 5.91 Å². The summed E-state index contributed by atoms with van der Waals surface area (Å²) in [5.74, 6) is -0.240. The van der Waals surface area contributed by atoms with Gasteiger partial charge in [0.05, 0.1) is 12.0 Å². The Balaban J connectivity index is 1.88. The van der Waals surface area contributed by atoms with Gasteiger partial charge in [0.15, 0.2) is 10.9 Å². The molecule has 22 heavy (non-hydrogen) atoms. The highest BCUT2D eigenvalue weighted by atomic mass is 32.1. The molecule has 3 rings (SSSR count). The van der Waals surface area contributed by atoms with Crippen LogP contribution in [0.2, 0.25) is 0 Å². The van der Waals surface area contributed by atoms with Crippen molar-refractivity contribution in [3.05, 3.63) is 59.6 Å². The minimum absolute atomic E-state index is 0.229. The number of thiazole rings is 1. The van der Waals surface area contributed by atoms with E-state index in [0.29, 0.717) is 17.4 Å². The number of aromatic nitrogens is 1. The third-order valence-electron chi connectivity index (χ3n) is 3.16. The molecule has 0 aliphatic rings. The molecule has 0 fully saturated rings. The van der Waals surface area contributed by atoms with Gasteiger partial charge in [-0.05, 0) is 43.3 Å². The molecule has 2 aromatic heterocycles. The third-order valence-corrected chi connectivity index (χ3v) is 4.02.